The molecule has 0 radical (unpaired) electrons. The van der Waals surface area contributed by atoms with E-state index < -0.39 is 0 Å². The van der Waals surface area contributed by atoms with E-state index in [1.807, 2.05) is 0 Å². The Labute approximate surface area is 274 Å². The van der Waals surface area contributed by atoms with Crippen molar-refractivity contribution in [3.05, 3.63) is 168 Å². The average molecular weight is 607 g/mol. The van der Waals surface area contributed by atoms with Crippen LogP contribution in [-0.4, -0.2) is 28.2 Å². The molecule has 2 heterocycles. The third-order valence-electron chi connectivity index (χ3n) is 9.28. The maximum absolute atomic E-state index is 2.29. The van der Waals surface area contributed by atoms with E-state index in [2.05, 4.69) is 197 Å². The van der Waals surface area contributed by atoms with Gasteiger partial charge in [0.05, 0.1) is 28.2 Å². The molecule has 0 aliphatic rings. The van der Waals surface area contributed by atoms with E-state index in [-0.39, 0.29) is 0 Å². The molecular formula is C42H46N4+4. The lowest BCUT2D eigenvalue weighted by molar-refractivity contribution is -0.596. The normalized spacial score (nSPS) is 11.9. The van der Waals surface area contributed by atoms with Crippen molar-refractivity contribution in [3.8, 4) is 22.5 Å². The first-order chi connectivity index (χ1) is 22.1. The SMILES string of the molecule is Cc1cc(-[n+]2ccc(-c3cc[n+](-c4ccc(C[N+](C)(C)c5ccccc5)c(C)c4)cc3)cc2)ccc1C[N+](C)(C)c1ccccc1. The molecule has 0 atom stereocenters. The second-order valence-corrected chi connectivity index (χ2v) is 13.6. The molecule has 6 rings (SSSR count). The van der Waals surface area contributed by atoms with Gasteiger partial charge in [-0.15, -0.1) is 0 Å². The van der Waals surface area contributed by atoms with Crippen molar-refractivity contribution >= 4 is 11.4 Å². The van der Waals surface area contributed by atoms with E-state index in [0.717, 1.165) is 22.1 Å². The molecule has 0 aliphatic heterocycles. The zero-order valence-electron chi connectivity index (χ0n) is 28.1. The number of nitrogens with zero attached hydrogens (tertiary/aromatic N) is 4. The first kappa shape index (κ1) is 31.1. The fraction of sp³-hybridized carbons (Fsp3) is 0.190. The summed E-state index contributed by atoms with van der Waals surface area (Å²) >= 11 is 0. The van der Waals surface area contributed by atoms with E-state index >= 15 is 0 Å². The Morgan fingerprint density at radius 3 is 1.11 bits per heavy atom. The van der Waals surface area contributed by atoms with Gasteiger partial charge in [-0.1, -0.05) is 36.4 Å². The molecule has 0 saturated heterocycles. The number of quaternary nitrogens is 2. The number of aryl methyl sites for hydroxylation is 2. The molecule has 230 valence electrons. The summed E-state index contributed by atoms with van der Waals surface area (Å²) in [4.78, 5) is 0. The minimum atomic E-state index is 0.817. The third kappa shape index (κ3) is 6.84. The summed E-state index contributed by atoms with van der Waals surface area (Å²) < 4.78 is 6.03. The topological polar surface area (TPSA) is 7.76 Å². The summed E-state index contributed by atoms with van der Waals surface area (Å²) in [5.41, 5.74) is 12.7. The smallest absolute Gasteiger partial charge is 0.210 e. The van der Waals surface area contributed by atoms with Crippen molar-refractivity contribution in [2.75, 3.05) is 28.2 Å². The summed E-state index contributed by atoms with van der Waals surface area (Å²) in [6.45, 7) is 6.34. The summed E-state index contributed by atoms with van der Waals surface area (Å²) in [6, 6.07) is 43.9. The van der Waals surface area contributed by atoms with Gasteiger partial charge in [-0.05, 0) is 72.5 Å². The number of hydrogen-bond acceptors (Lipinski definition) is 0. The third-order valence-corrected chi connectivity index (χ3v) is 9.28. The molecular weight excluding hydrogens is 560 g/mol. The van der Waals surface area contributed by atoms with Crippen LogP contribution in [0.3, 0.4) is 0 Å². The zero-order chi connectivity index (χ0) is 32.3. The Balaban J connectivity index is 1.13. The Kier molecular flexibility index (Phi) is 8.68. The summed E-state index contributed by atoms with van der Waals surface area (Å²) in [7, 11) is 9.08. The van der Waals surface area contributed by atoms with Crippen LogP contribution >= 0.6 is 0 Å². The molecule has 4 heteroatoms. The summed E-state index contributed by atoms with van der Waals surface area (Å²) in [6.07, 6.45) is 8.64. The molecule has 46 heavy (non-hydrogen) atoms. The number of pyridine rings is 2. The van der Waals surface area contributed by atoms with Crippen LogP contribution in [0.1, 0.15) is 22.3 Å². The molecule has 4 aromatic carbocycles. The zero-order valence-corrected chi connectivity index (χ0v) is 28.1. The van der Waals surface area contributed by atoms with Crippen LogP contribution in [-0.2, 0) is 13.1 Å². The molecule has 0 unspecified atom stereocenters. The van der Waals surface area contributed by atoms with Crippen LogP contribution in [0.5, 0.6) is 0 Å². The highest BCUT2D eigenvalue weighted by Crippen LogP contribution is 2.25. The van der Waals surface area contributed by atoms with Crippen molar-refractivity contribution in [3.63, 3.8) is 0 Å². The lowest BCUT2D eigenvalue weighted by atomic mass is 10.1. The predicted octanol–water partition coefficient (Wildman–Crippen LogP) is 8.06. The minimum absolute atomic E-state index is 0.817. The van der Waals surface area contributed by atoms with Crippen LogP contribution in [0.15, 0.2) is 146 Å². The molecule has 0 saturated carbocycles. The molecule has 4 nitrogen and oxygen atoms in total. The van der Waals surface area contributed by atoms with E-state index in [4.69, 9.17) is 0 Å². The number of rotatable bonds is 9. The summed E-state index contributed by atoms with van der Waals surface area (Å²) in [5, 5.41) is 0. The van der Waals surface area contributed by atoms with Gasteiger partial charge in [0.1, 0.15) is 24.5 Å². The van der Waals surface area contributed by atoms with Gasteiger partial charge in [0, 0.05) is 59.7 Å². The molecule has 0 aliphatic carbocycles. The standard InChI is InChI=1S/C42H46N4/c1-33-29-39(19-17-37(33)31-45(3,4)41-13-9-7-10-14-41)43-25-21-35(22-26-43)36-23-27-44(28-24-36)40-20-18-38(34(2)30-40)32-46(5,6)42-15-11-8-12-16-42/h7-30H,31-32H2,1-6H3/q+4. The van der Waals surface area contributed by atoms with Gasteiger partial charge in [-0.25, -0.2) is 0 Å². The highest BCUT2D eigenvalue weighted by atomic mass is 15.3. The quantitative estimate of drug-likeness (QED) is 0.116. The molecule has 0 fully saturated rings. The predicted molar refractivity (Wildman–Crippen MR) is 192 cm³/mol. The van der Waals surface area contributed by atoms with Gasteiger partial charge >= 0.3 is 0 Å². The Hall–Kier alpha value is -4.90. The molecule has 0 amide bonds. The van der Waals surface area contributed by atoms with Crippen LogP contribution in [0.2, 0.25) is 0 Å². The van der Waals surface area contributed by atoms with Gasteiger partial charge in [0.15, 0.2) is 24.8 Å². The van der Waals surface area contributed by atoms with Gasteiger partial charge in [-0.3, -0.25) is 8.97 Å². The van der Waals surface area contributed by atoms with Crippen LogP contribution in [0, 0.1) is 13.8 Å². The number of aromatic nitrogens is 2. The highest BCUT2D eigenvalue weighted by molar-refractivity contribution is 5.61. The molecule has 0 spiro atoms. The Morgan fingerprint density at radius 1 is 0.435 bits per heavy atom. The number of para-hydroxylation sites is 2. The van der Waals surface area contributed by atoms with E-state index in [1.165, 1.54) is 56.1 Å². The van der Waals surface area contributed by atoms with Gasteiger partial charge < -0.3 is 0 Å². The first-order valence-corrected chi connectivity index (χ1v) is 16.1. The first-order valence-electron chi connectivity index (χ1n) is 16.1. The van der Waals surface area contributed by atoms with Crippen molar-refractivity contribution in [1.29, 1.82) is 0 Å². The monoisotopic (exact) mass is 606 g/mol. The number of hydrogen-bond donors (Lipinski definition) is 0. The number of benzene rings is 4. The Bertz CT molecular complexity index is 1780. The summed E-state index contributed by atoms with van der Waals surface area (Å²) in [5.74, 6) is 0. The van der Waals surface area contributed by atoms with Crippen LogP contribution in [0.4, 0.5) is 11.4 Å². The van der Waals surface area contributed by atoms with Gasteiger partial charge in [-0.2, -0.15) is 9.13 Å². The second kappa shape index (κ2) is 12.8. The van der Waals surface area contributed by atoms with E-state index in [9.17, 15) is 0 Å². The average Bonchev–Trinajstić information content (AvgIpc) is 3.07. The maximum Gasteiger partial charge on any atom is 0.210 e. The minimum Gasteiger partial charge on any atom is -0.292 e. The Morgan fingerprint density at radius 2 is 0.783 bits per heavy atom. The highest BCUT2D eigenvalue weighted by Gasteiger charge is 2.22. The van der Waals surface area contributed by atoms with Crippen LogP contribution < -0.4 is 18.1 Å². The van der Waals surface area contributed by atoms with Crippen molar-refractivity contribution in [2.45, 2.75) is 26.9 Å². The fourth-order valence-electron chi connectivity index (χ4n) is 6.32. The van der Waals surface area contributed by atoms with Crippen molar-refractivity contribution in [1.82, 2.24) is 8.97 Å². The van der Waals surface area contributed by atoms with Crippen molar-refractivity contribution in [2.24, 2.45) is 0 Å². The van der Waals surface area contributed by atoms with Crippen molar-refractivity contribution < 1.29 is 9.13 Å². The molecule has 0 bridgehead atoms. The second-order valence-electron chi connectivity index (χ2n) is 13.6. The van der Waals surface area contributed by atoms with Gasteiger partial charge in [0.25, 0.3) is 0 Å². The molecule has 2 aromatic heterocycles. The maximum atomic E-state index is 2.29. The molecule has 0 N–H and O–H groups in total. The lowest BCUT2D eigenvalue weighted by Gasteiger charge is -2.30. The molecule has 6 aromatic rings. The fourth-order valence-corrected chi connectivity index (χ4v) is 6.32. The largest absolute Gasteiger partial charge is 0.292 e. The van der Waals surface area contributed by atoms with Gasteiger partial charge in [0.2, 0.25) is 11.4 Å². The van der Waals surface area contributed by atoms with E-state index in [0.29, 0.717) is 0 Å². The van der Waals surface area contributed by atoms with Crippen LogP contribution in [0.25, 0.3) is 22.5 Å². The van der Waals surface area contributed by atoms with E-state index in [1.54, 1.807) is 0 Å². The lowest BCUT2D eigenvalue weighted by Crippen LogP contribution is -2.39.